The third-order valence-electron chi connectivity index (χ3n) is 3.58. The maximum Gasteiger partial charge on any atom is 0.405 e. The smallest absolute Gasteiger partial charge is 0.405 e. The van der Waals surface area contributed by atoms with E-state index in [2.05, 4.69) is 27.9 Å². The van der Waals surface area contributed by atoms with Crippen LogP contribution in [0.4, 0.5) is 15.3 Å². The van der Waals surface area contributed by atoms with Gasteiger partial charge in [-0.05, 0) is 40.8 Å². The minimum atomic E-state index is -1.35. The minimum absolute atomic E-state index is 0.0869. The number of hydrogen-bond acceptors (Lipinski definition) is 5. The molecule has 0 aromatic heterocycles. The first-order valence-corrected chi connectivity index (χ1v) is 8.60. The fraction of sp³-hybridized carbons (Fsp3) is 0.333. The van der Waals surface area contributed by atoms with E-state index in [1.165, 1.54) is 12.0 Å². The van der Waals surface area contributed by atoms with Gasteiger partial charge in [0, 0.05) is 16.5 Å². The lowest BCUT2D eigenvalue weighted by atomic mass is 10.2. The fourth-order valence-corrected chi connectivity index (χ4v) is 2.80. The van der Waals surface area contributed by atoms with Crippen LogP contribution in [0, 0.1) is 3.57 Å². The van der Waals surface area contributed by atoms with E-state index in [-0.39, 0.29) is 19.6 Å². The lowest BCUT2D eigenvalue weighted by molar-refractivity contribution is -0.130. The zero-order valence-corrected chi connectivity index (χ0v) is 16.0. The monoisotopic (exact) mass is 476 g/mol. The molecule has 1 heterocycles. The molecule has 1 aromatic rings. The number of methoxy groups -OCH3 is 1. The predicted octanol–water partition coefficient (Wildman–Crippen LogP) is 0.800. The molecule has 10 nitrogen and oxygen atoms in total. The van der Waals surface area contributed by atoms with Gasteiger partial charge in [-0.1, -0.05) is 0 Å². The lowest BCUT2D eigenvalue weighted by Gasteiger charge is -2.34. The number of urea groups is 1. The Kier molecular flexibility index (Phi) is 6.60. The molecule has 1 aromatic carbocycles. The molecule has 1 fully saturated rings. The molecule has 26 heavy (non-hydrogen) atoms. The number of imide groups is 1. The summed E-state index contributed by atoms with van der Waals surface area (Å²) in [6, 6.07) is 4.73. The fourth-order valence-electron chi connectivity index (χ4n) is 2.33. The second-order valence-electron chi connectivity index (χ2n) is 5.24. The number of anilines is 1. The molecule has 0 radical (unpaired) electrons. The van der Waals surface area contributed by atoms with Crippen molar-refractivity contribution in [3.05, 3.63) is 21.8 Å². The van der Waals surface area contributed by atoms with Gasteiger partial charge in [0.15, 0.2) is 0 Å². The van der Waals surface area contributed by atoms with Crippen molar-refractivity contribution >= 4 is 52.2 Å². The van der Waals surface area contributed by atoms with Crippen molar-refractivity contribution < 1.29 is 29.0 Å². The highest BCUT2D eigenvalue weighted by atomic mass is 127. The second kappa shape index (κ2) is 8.69. The van der Waals surface area contributed by atoms with Crippen LogP contribution in [0.15, 0.2) is 18.2 Å². The third-order valence-corrected chi connectivity index (χ3v) is 4.25. The first-order chi connectivity index (χ1) is 12.3. The summed E-state index contributed by atoms with van der Waals surface area (Å²) >= 11 is 2.10. The molecule has 0 bridgehead atoms. The van der Waals surface area contributed by atoms with E-state index in [1.54, 1.807) is 12.1 Å². The van der Waals surface area contributed by atoms with E-state index in [1.807, 2.05) is 11.4 Å². The number of amides is 5. The molecule has 1 saturated heterocycles. The van der Waals surface area contributed by atoms with E-state index >= 15 is 0 Å². The van der Waals surface area contributed by atoms with E-state index in [0.717, 1.165) is 8.47 Å². The second-order valence-corrected chi connectivity index (χ2v) is 6.48. The van der Waals surface area contributed by atoms with E-state index < -0.39 is 30.5 Å². The Morgan fingerprint density at radius 1 is 1.31 bits per heavy atom. The number of nitrogens with zero attached hydrogens (tertiary/aromatic N) is 2. The van der Waals surface area contributed by atoms with Crippen LogP contribution >= 0.6 is 22.6 Å². The molecule has 3 N–H and O–H groups in total. The summed E-state index contributed by atoms with van der Waals surface area (Å²) in [4.78, 5) is 49.0. The summed E-state index contributed by atoms with van der Waals surface area (Å²) in [7, 11) is 1.48. The molecule has 0 aliphatic carbocycles. The molecule has 0 atom stereocenters. The van der Waals surface area contributed by atoms with Gasteiger partial charge >= 0.3 is 12.1 Å². The summed E-state index contributed by atoms with van der Waals surface area (Å²) in [5.41, 5.74) is 0.528. The van der Waals surface area contributed by atoms with E-state index in [0.29, 0.717) is 11.4 Å². The van der Waals surface area contributed by atoms with Gasteiger partial charge in [-0.2, -0.15) is 0 Å². The lowest BCUT2D eigenvalue weighted by Crippen LogP contribution is -2.56. The number of benzene rings is 1. The van der Waals surface area contributed by atoms with Crippen LogP contribution in [0.3, 0.4) is 0 Å². The number of carbonyl (C=O) groups is 4. The Balaban J connectivity index is 2.10. The molecular weight excluding hydrogens is 459 g/mol. The van der Waals surface area contributed by atoms with Gasteiger partial charge in [-0.15, -0.1) is 0 Å². The van der Waals surface area contributed by atoms with Crippen LogP contribution in [-0.2, 0) is 9.59 Å². The van der Waals surface area contributed by atoms with Crippen molar-refractivity contribution in [2.24, 2.45) is 0 Å². The predicted molar refractivity (Wildman–Crippen MR) is 99.0 cm³/mol. The summed E-state index contributed by atoms with van der Waals surface area (Å²) in [5.74, 6) is -0.595. The normalized spacial score (nSPS) is 14.2. The maximum absolute atomic E-state index is 12.7. The SMILES string of the molecule is COc1ccc(I)cc1N1CCC(=O)N(CNC(=O)CNC(=O)O)C1=O. The quantitative estimate of drug-likeness (QED) is 0.522. The van der Waals surface area contributed by atoms with Crippen LogP contribution in [0.2, 0.25) is 0 Å². The number of carbonyl (C=O) groups excluding carboxylic acids is 3. The number of hydrogen-bond donors (Lipinski definition) is 3. The van der Waals surface area contributed by atoms with Gasteiger partial charge in [0.1, 0.15) is 19.0 Å². The van der Waals surface area contributed by atoms with Crippen LogP contribution in [0.5, 0.6) is 5.75 Å². The molecule has 5 amide bonds. The minimum Gasteiger partial charge on any atom is -0.495 e. The molecular formula is C15H17IN4O6. The molecule has 11 heteroatoms. The standard InChI is InChI=1S/C15H17IN4O6/c1-26-11-3-2-9(16)6-10(11)19-5-4-13(22)20(15(19)25)8-18-12(21)7-17-14(23)24/h2-3,6,17H,4-5,7-8H2,1H3,(H,18,21)(H,23,24). The van der Waals surface area contributed by atoms with Gasteiger partial charge < -0.3 is 20.5 Å². The van der Waals surface area contributed by atoms with Crippen molar-refractivity contribution in [3.63, 3.8) is 0 Å². The highest BCUT2D eigenvalue weighted by Crippen LogP contribution is 2.32. The largest absolute Gasteiger partial charge is 0.495 e. The molecule has 1 aliphatic rings. The Morgan fingerprint density at radius 3 is 2.69 bits per heavy atom. The Morgan fingerprint density at radius 2 is 2.04 bits per heavy atom. The zero-order chi connectivity index (χ0) is 19.3. The number of carboxylic acid groups (broad SMARTS) is 1. The summed E-state index contributed by atoms with van der Waals surface area (Å²) in [6.45, 7) is -0.625. The van der Waals surface area contributed by atoms with Crippen molar-refractivity contribution in [2.45, 2.75) is 6.42 Å². The Labute approximate surface area is 162 Å². The Bertz CT molecular complexity index is 741. The number of halogens is 1. The number of ether oxygens (including phenoxy) is 1. The van der Waals surface area contributed by atoms with Crippen LogP contribution in [0.1, 0.15) is 6.42 Å². The van der Waals surface area contributed by atoms with E-state index in [9.17, 15) is 19.2 Å². The number of rotatable bonds is 6. The van der Waals surface area contributed by atoms with Gasteiger partial charge in [-0.25, -0.2) is 14.5 Å². The summed E-state index contributed by atoms with van der Waals surface area (Å²) in [6.07, 6.45) is -1.26. The highest BCUT2D eigenvalue weighted by Gasteiger charge is 2.34. The van der Waals surface area contributed by atoms with Gasteiger partial charge in [0.25, 0.3) is 0 Å². The average Bonchev–Trinajstić information content (AvgIpc) is 2.60. The average molecular weight is 476 g/mol. The van der Waals surface area contributed by atoms with E-state index in [4.69, 9.17) is 9.84 Å². The van der Waals surface area contributed by atoms with Crippen LogP contribution in [-0.4, -0.2) is 60.8 Å². The summed E-state index contributed by atoms with van der Waals surface area (Å²) < 4.78 is 6.17. The molecule has 0 unspecified atom stereocenters. The Hall–Kier alpha value is -2.57. The van der Waals surface area contributed by atoms with Gasteiger partial charge in [-0.3, -0.25) is 14.5 Å². The topological polar surface area (TPSA) is 128 Å². The van der Waals surface area contributed by atoms with Crippen molar-refractivity contribution in [1.82, 2.24) is 15.5 Å². The first-order valence-electron chi connectivity index (χ1n) is 7.52. The van der Waals surface area contributed by atoms with Crippen LogP contribution < -0.4 is 20.3 Å². The van der Waals surface area contributed by atoms with Gasteiger partial charge in [0.2, 0.25) is 11.8 Å². The highest BCUT2D eigenvalue weighted by molar-refractivity contribution is 14.1. The van der Waals surface area contributed by atoms with Crippen molar-refractivity contribution in [1.29, 1.82) is 0 Å². The third kappa shape index (κ3) is 4.74. The first kappa shape index (κ1) is 19.8. The van der Waals surface area contributed by atoms with Crippen molar-refractivity contribution in [2.75, 3.05) is 31.8 Å². The summed E-state index contributed by atoms with van der Waals surface area (Å²) in [5, 5.41) is 12.7. The zero-order valence-electron chi connectivity index (χ0n) is 13.8. The molecule has 0 saturated carbocycles. The van der Waals surface area contributed by atoms with Crippen molar-refractivity contribution in [3.8, 4) is 5.75 Å². The number of nitrogens with one attached hydrogen (secondary N) is 2. The van der Waals surface area contributed by atoms with Gasteiger partial charge in [0.05, 0.1) is 12.8 Å². The molecule has 140 valence electrons. The molecule has 1 aliphatic heterocycles. The van der Waals surface area contributed by atoms with Crippen LogP contribution in [0.25, 0.3) is 0 Å². The molecule has 2 rings (SSSR count). The maximum atomic E-state index is 12.7. The molecule has 0 spiro atoms.